The fourth-order valence-corrected chi connectivity index (χ4v) is 3.19. The third-order valence-electron chi connectivity index (χ3n) is 3.23. The normalized spacial score (nSPS) is 21.5. The van der Waals surface area contributed by atoms with Gasteiger partial charge in [0.05, 0.1) is 6.54 Å². The Hall–Kier alpha value is -2.09. The quantitative estimate of drug-likeness (QED) is 0.799. The van der Waals surface area contributed by atoms with Crippen LogP contribution in [0.25, 0.3) is 0 Å². The van der Waals surface area contributed by atoms with Gasteiger partial charge in [-0.15, -0.1) is 0 Å². The van der Waals surface area contributed by atoms with Crippen LogP contribution in [0.15, 0.2) is 35.3 Å². The molecule has 0 N–H and O–H groups in total. The van der Waals surface area contributed by atoms with Crippen LogP contribution in [0.4, 0.5) is 0 Å². The molecule has 1 atom stereocenters. The van der Waals surface area contributed by atoms with Gasteiger partial charge < -0.3 is 14.4 Å². The molecule has 3 rings (SSSR count). The molecule has 2 heterocycles. The number of rotatable bonds is 4. The zero-order chi connectivity index (χ0) is 14.9. The number of ether oxygens (including phenoxy) is 2. The predicted octanol–water partition coefficient (Wildman–Crippen LogP) is 0.382. The van der Waals surface area contributed by atoms with Crippen molar-refractivity contribution in [3.05, 3.63) is 30.3 Å². The van der Waals surface area contributed by atoms with Crippen molar-refractivity contribution < 1.29 is 22.7 Å². The second kappa shape index (κ2) is 5.36. The molecule has 2 aliphatic heterocycles. The molecule has 1 unspecified atom stereocenters. The Balaban J connectivity index is 1.66. The van der Waals surface area contributed by atoms with Crippen LogP contribution < -0.4 is 4.74 Å². The molecule has 0 spiro atoms. The lowest BCUT2D eigenvalue weighted by atomic mass is 10.3. The zero-order valence-corrected chi connectivity index (χ0v) is 12.0. The Morgan fingerprint density at radius 3 is 2.86 bits per heavy atom. The van der Waals surface area contributed by atoms with Crippen LogP contribution in [0.1, 0.15) is 6.42 Å². The predicted molar refractivity (Wildman–Crippen MR) is 74.4 cm³/mol. The summed E-state index contributed by atoms with van der Waals surface area (Å²) in [6, 6.07) is 8.78. The molecule has 1 amide bonds. The van der Waals surface area contributed by atoms with E-state index in [1.54, 1.807) is 29.2 Å². The maximum atomic E-state index is 12.2. The van der Waals surface area contributed by atoms with Crippen molar-refractivity contribution in [2.24, 2.45) is 4.99 Å². The lowest BCUT2D eigenvalue weighted by molar-refractivity contribution is -0.118. The van der Waals surface area contributed by atoms with Crippen molar-refractivity contribution in [3.63, 3.8) is 0 Å². The Kier molecular flexibility index (Phi) is 3.54. The number of carbonyl (C=O) groups is 1. The highest BCUT2D eigenvalue weighted by Crippen LogP contribution is 2.21. The number of nitrogens with zero attached hydrogens (tertiary/aromatic N) is 2. The molecule has 112 valence electrons. The topological polar surface area (TPSA) is 85.3 Å². The van der Waals surface area contributed by atoms with E-state index >= 15 is 0 Å². The first-order chi connectivity index (χ1) is 10.0. The van der Waals surface area contributed by atoms with Gasteiger partial charge in [-0.3, -0.25) is 4.79 Å². The van der Waals surface area contributed by atoms with Gasteiger partial charge in [0.25, 0.3) is 11.9 Å². The monoisotopic (exact) mass is 310 g/mol. The average Bonchev–Trinajstić information content (AvgIpc) is 2.90. The van der Waals surface area contributed by atoms with Gasteiger partial charge in [-0.1, -0.05) is 18.2 Å². The van der Waals surface area contributed by atoms with Crippen LogP contribution in [-0.4, -0.2) is 49.7 Å². The van der Waals surface area contributed by atoms with Gasteiger partial charge in [0.15, 0.2) is 5.94 Å². The molecule has 1 fully saturated rings. The zero-order valence-electron chi connectivity index (χ0n) is 11.1. The molecule has 0 aromatic heterocycles. The second-order valence-electron chi connectivity index (χ2n) is 4.77. The number of sulfone groups is 1. The van der Waals surface area contributed by atoms with Gasteiger partial charge in [-0.25, -0.2) is 8.42 Å². The Bertz CT molecular complexity index is 671. The summed E-state index contributed by atoms with van der Waals surface area (Å²) in [4.78, 5) is 16.6. The van der Waals surface area contributed by atoms with Crippen LogP contribution in [0, 0.1) is 0 Å². The van der Waals surface area contributed by atoms with Gasteiger partial charge in [-0.05, 0) is 12.1 Å². The first-order valence-corrected chi connectivity index (χ1v) is 8.19. The van der Waals surface area contributed by atoms with E-state index in [9.17, 15) is 13.2 Å². The summed E-state index contributed by atoms with van der Waals surface area (Å²) in [5.41, 5.74) is -1.05. The Labute approximate surface area is 122 Å². The van der Waals surface area contributed by atoms with E-state index in [2.05, 4.69) is 4.99 Å². The van der Waals surface area contributed by atoms with E-state index in [4.69, 9.17) is 9.47 Å². The van der Waals surface area contributed by atoms with Gasteiger partial charge in [0, 0.05) is 13.0 Å². The lowest BCUT2D eigenvalue weighted by Crippen LogP contribution is -2.34. The molecular weight excluding hydrogens is 296 g/mol. The van der Waals surface area contributed by atoms with Gasteiger partial charge in [0.1, 0.15) is 5.75 Å². The minimum atomic E-state index is -3.61. The molecular formula is C13H14N2O5S. The molecule has 0 aliphatic carbocycles. The number of aliphatic imine (C=N–C) groups is 1. The van der Waals surface area contributed by atoms with E-state index in [0.717, 1.165) is 0 Å². The maximum absolute atomic E-state index is 12.2. The summed E-state index contributed by atoms with van der Waals surface area (Å²) in [5, 5.41) is 0. The molecule has 1 aromatic carbocycles. The SMILES string of the molecule is O=C1CCN2CC(S(=O)(=O)COc3ccccc3)OC2=N1. The molecule has 0 bridgehead atoms. The summed E-state index contributed by atoms with van der Waals surface area (Å²) in [5.74, 6) is -0.291. The summed E-state index contributed by atoms with van der Waals surface area (Å²) >= 11 is 0. The highest BCUT2D eigenvalue weighted by molar-refractivity contribution is 7.91. The van der Waals surface area contributed by atoms with E-state index in [0.29, 0.717) is 12.3 Å². The van der Waals surface area contributed by atoms with E-state index in [1.807, 2.05) is 6.07 Å². The van der Waals surface area contributed by atoms with E-state index < -0.39 is 21.2 Å². The molecule has 7 nitrogen and oxygen atoms in total. The largest absolute Gasteiger partial charge is 0.478 e. The molecule has 0 saturated carbocycles. The molecule has 8 heteroatoms. The highest BCUT2D eigenvalue weighted by Gasteiger charge is 2.40. The Morgan fingerprint density at radius 2 is 2.10 bits per heavy atom. The number of fused-ring (bicyclic) bond motifs is 1. The molecule has 2 aliphatic rings. The lowest BCUT2D eigenvalue weighted by Gasteiger charge is -2.17. The van der Waals surface area contributed by atoms with Crippen LogP contribution in [0.2, 0.25) is 0 Å². The number of hydrogen-bond acceptors (Lipinski definition) is 6. The second-order valence-corrected chi connectivity index (χ2v) is 6.86. The van der Waals surface area contributed by atoms with Crippen molar-refractivity contribution >= 4 is 21.8 Å². The fraction of sp³-hybridized carbons (Fsp3) is 0.385. The van der Waals surface area contributed by atoms with E-state index in [1.165, 1.54) is 0 Å². The fourth-order valence-electron chi connectivity index (χ4n) is 2.09. The van der Waals surface area contributed by atoms with Gasteiger partial charge in [0.2, 0.25) is 15.3 Å². The number of benzene rings is 1. The summed E-state index contributed by atoms with van der Waals surface area (Å²) < 4.78 is 35.0. The van der Waals surface area contributed by atoms with Gasteiger partial charge in [-0.2, -0.15) is 4.99 Å². The van der Waals surface area contributed by atoms with Crippen LogP contribution in [0.3, 0.4) is 0 Å². The third kappa shape index (κ3) is 2.99. The van der Waals surface area contributed by atoms with E-state index in [-0.39, 0.29) is 24.9 Å². The average molecular weight is 310 g/mol. The number of carbonyl (C=O) groups excluding carboxylic acids is 1. The minimum absolute atomic E-state index is 0.0968. The van der Waals surface area contributed by atoms with Crippen LogP contribution in [0.5, 0.6) is 5.75 Å². The first kappa shape index (κ1) is 13.9. The van der Waals surface area contributed by atoms with Crippen molar-refractivity contribution in [1.82, 2.24) is 4.90 Å². The number of amides is 1. The van der Waals surface area contributed by atoms with Crippen molar-refractivity contribution in [3.8, 4) is 5.75 Å². The molecule has 21 heavy (non-hydrogen) atoms. The van der Waals surface area contributed by atoms with Crippen LogP contribution >= 0.6 is 0 Å². The number of hydrogen-bond donors (Lipinski definition) is 0. The maximum Gasteiger partial charge on any atom is 0.296 e. The minimum Gasteiger partial charge on any atom is -0.478 e. The summed E-state index contributed by atoms with van der Waals surface area (Å²) in [6.45, 7) is 0.607. The first-order valence-electron chi connectivity index (χ1n) is 6.47. The van der Waals surface area contributed by atoms with Crippen molar-refractivity contribution in [2.75, 3.05) is 19.0 Å². The van der Waals surface area contributed by atoms with Crippen molar-refractivity contribution in [2.45, 2.75) is 11.9 Å². The summed E-state index contributed by atoms with van der Waals surface area (Å²) in [6.07, 6.45) is 0.278. The number of para-hydroxylation sites is 1. The highest BCUT2D eigenvalue weighted by atomic mass is 32.2. The molecule has 1 saturated heterocycles. The number of amidine groups is 1. The smallest absolute Gasteiger partial charge is 0.296 e. The van der Waals surface area contributed by atoms with Crippen molar-refractivity contribution in [1.29, 1.82) is 0 Å². The van der Waals surface area contributed by atoms with Gasteiger partial charge >= 0.3 is 0 Å². The Morgan fingerprint density at radius 1 is 1.33 bits per heavy atom. The molecule has 1 aromatic rings. The van der Waals surface area contributed by atoms with Crippen LogP contribution in [-0.2, 0) is 19.4 Å². The molecule has 0 radical (unpaired) electrons. The summed E-state index contributed by atoms with van der Waals surface area (Å²) in [7, 11) is -3.61. The third-order valence-corrected chi connectivity index (χ3v) is 4.72. The standard InChI is InChI=1S/C13H14N2O5S/c16-11-6-7-15-8-12(20-13(15)14-11)21(17,18)9-19-10-4-2-1-3-5-10/h1-5,12H,6-9H2.